The molecular formula is C20H28N2O4. The average Bonchev–Trinajstić information content (AvgIpc) is 2.79. The second kappa shape index (κ2) is 8.45. The van der Waals surface area contributed by atoms with Crippen LogP contribution in [0.5, 0.6) is 0 Å². The van der Waals surface area contributed by atoms with E-state index in [0.717, 1.165) is 11.8 Å². The van der Waals surface area contributed by atoms with E-state index in [4.69, 9.17) is 8.22 Å². The van der Waals surface area contributed by atoms with E-state index in [0.29, 0.717) is 0 Å². The summed E-state index contributed by atoms with van der Waals surface area (Å²) in [5, 5.41) is 12.1. The molecule has 0 spiro atoms. The van der Waals surface area contributed by atoms with E-state index in [1.165, 1.54) is 7.05 Å². The quantitative estimate of drug-likeness (QED) is 0.798. The number of fused-ring (bicyclic) bond motifs is 1. The van der Waals surface area contributed by atoms with Crippen LogP contribution < -0.4 is 5.32 Å². The lowest BCUT2D eigenvalue weighted by Gasteiger charge is -2.24. The molecule has 0 saturated carbocycles. The molecule has 0 unspecified atom stereocenters. The Morgan fingerprint density at radius 1 is 1.42 bits per heavy atom. The summed E-state index contributed by atoms with van der Waals surface area (Å²) in [4.78, 5) is 39.4. The van der Waals surface area contributed by atoms with E-state index in [2.05, 4.69) is 5.32 Å². The molecule has 3 atom stereocenters. The first-order valence-electron chi connectivity index (χ1n) is 11.4. The third-order valence-corrected chi connectivity index (χ3v) is 4.30. The highest BCUT2D eigenvalue weighted by atomic mass is 16.3. The van der Waals surface area contributed by atoms with Gasteiger partial charge in [0.1, 0.15) is 12.1 Å². The van der Waals surface area contributed by atoms with Crippen molar-refractivity contribution in [2.75, 3.05) is 13.6 Å². The van der Waals surface area contributed by atoms with E-state index >= 15 is 0 Å². The van der Waals surface area contributed by atoms with Crippen molar-refractivity contribution >= 4 is 17.6 Å². The molecule has 6 nitrogen and oxygen atoms in total. The van der Waals surface area contributed by atoms with Crippen LogP contribution in [0.15, 0.2) is 24.2 Å². The lowest BCUT2D eigenvalue weighted by atomic mass is 9.94. The number of aliphatic hydroxyl groups excluding tert-OH is 1. The second-order valence-corrected chi connectivity index (χ2v) is 6.77. The summed E-state index contributed by atoms with van der Waals surface area (Å²) in [5.41, 5.74) is -0.350. The van der Waals surface area contributed by atoms with Gasteiger partial charge in [-0.1, -0.05) is 44.9 Å². The number of nitrogens with one attached hydrogen (secondary N) is 1. The van der Waals surface area contributed by atoms with Crippen LogP contribution in [0.25, 0.3) is 0 Å². The first kappa shape index (κ1) is 13.0. The smallest absolute Gasteiger partial charge is 0.249 e. The van der Waals surface area contributed by atoms with Gasteiger partial charge in [0.25, 0.3) is 0 Å². The lowest BCUT2D eigenvalue weighted by molar-refractivity contribution is -0.137. The molecule has 1 aromatic carbocycles. The molecule has 2 amide bonds. The predicted molar refractivity (Wildman–Crippen MR) is 98.3 cm³/mol. The Kier molecular flexibility index (Phi) is 4.23. The van der Waals surface area contributed by atoms with Crippen LogP contribution in [-0.2, 0) is 20.8 Å². The van der Waals surface area contributed by atoms with Gasteiger partial charge in [-0.05, 0) is 23.5 Å². The maximum Gasteiger partial charge on any atom is 0.249 e. The third kappa shape index (κ3) is 4.49. The first-order chi connectivity index (χ1) is 14.6. The van der Waals surface area contributed by atoms with Gasteiger partial charge in [-0.2, -0.15) is 0 Å². The molecule has 1 aliphatic heterocycles. The molecule has 0 bridgehead atoms. The number of carbonyl (C=O) groups is 3. The van der Waals surface area contributed by atoms with Crippen molar-refractivity contribution in [1.82, 2.24) is 10.2 Å². The molecule has 142 valence electrons. The lowest BCUT2D eigenvalue weighted by Crippen LogP contribution is -2.43. The van der Waals surface area contributed by atoms with Crippen LogP contribution in [0.3, 0.4) is 0 Å². The molecular weight excluding hydrogens is 332 g/mol. The van der Waals surface area contributed by atoms with Gasteiger partial charge in [0.15, 0.2) is 5.78 Å². The summed E-state index contributed by atoms with van der Waals surface area (Å²) in [6.45, 7) is 4.38. The van der Waals surface area contributed by atoms with Crippen LogP contribution in [0.4, 0.5) is 0 Å². The number of carbonyl (C=O) groups excluding carboxylic acids is 3. The number of hydrogen-bond donors (Lipinski definition) is 2. The summed E-state index contributed by atoms with van der Waals surface area (Å²) in [6, 6.07) is -4.83. The van der Waals surface area contributed by atoms with Gasteiger partial charge >= 0.3 is 0 Å². The van der Waals surface area contributed by atoms with Gasteiger partial charge in [0.05, 0.1) is 6.85 Å². The average molecular weight is 366 g/mol. The fraction of sp³-hybridized carbons (Fsp3) is 0.550. The van der Waals surface area contributed by atoms with Crippen molar-refractivity contribution in [3.63, 3.8) is 0 Å². The molecule has 0 fully saturated rings. The summed E-state index contributed by atoms with van der Waals surface area (Å²) in [6.07, 6.45) is -2.00. The largest absolute Gasteiger partial charge is 0.385 e. The molecule has 1 aliphatic rings. The van der Waals surface area contributed by atoms with Gasteiger partial charge in [0, 0.05) is 27.3 Å². The molecule has 2 N–H and O–H groups in total. The van der Waals surface area contributed by atoms with Crippen LogP contribution >= 0.6 is 0 Å². The molecule has 26 heavy (non-hydrogen) atoms. The van der Waals surface area contributed by atoms with Crippen LogP contribution in [0, 0.1) is 11.8 Å². The molecule has 0 aromatic heterocycles. The Morgan fingerprint density at radius 3 is 2.73 bits per heavy atom. The number of amides is 2. The number of aliphatic hydroxyl groups is 1. The highest BCUT2D eigenvalue weighted by Gasteiger charge is 2.32. The summed E-state index contributed by atoms with van der Waals surface area (Å²) in [7, 11) is 1.38. The van der Waals surface area contributed by atoms with E-state index in [-0.39, 0.29) is 24.1 Å². The normalized spacial score (nSPS) is 26.8. The number of rotatable bonds is 6. The van der Waals surface area contributed by atoms with Crippen LogP contribution in [0.2, 0.25) is 0 Å². The van der Waals surface area contributed by atoms with Crippen molar-refractivity contribution < 1.29 is 27.7 Å². The molecule has 0 radical (unpaired) electrons. The standard InChI is InChI=1S/C20H28N2O4/c1-12(2)18(24)16(23)11-13(3)19(25)21-17-15-8-6-5-7-14(15)9-10-22(4)20(17)26/h5-8,12-13,17-18,24H,9-11H2,1-4H3,(H,21,25)/t13-,17+,18+/m1/s1/i5D,6D,7D,8D,13D,17D. The van der Waals surface area contributed by atoms with Crippen LogP contribution in [0.1, 0.15) is 52.6 Å². The molecule has 0 aliphatic carbocycles. The highest BCUT2D eigenvalue weighted by Crippen LogP contribution is 2.25. The minimum Gasteiger partial charge on any atom is -0.385 e. The maximum atomic E-state index is 13.1. The SMILES string of the molecule is [2H]c1c([2H])c([2H])c2c(c1[2H])CCN(C)C(=O)[C@@]2([2H])NC(=O)[C@]([2H])(C)CC(=O)[C@@H](O)C(C)C. The topological polar surface area (TPSA) is 86.7 Å². The number of Topliss-reactive ketones (excluding diaryl/α,β-unsaturated/α-hetero) is 1. The highest BCUT2D eigenvalue weighted by molar-refractivity contribution is 5.92. The number of ketones is 1. The van der Waals surface area contributed by atoms with Gasteiger partial charge in [-0.15, -0.1) is 0 Å². The molecule has 1 aromatic rings. The number of nitrogens with zero attached hydrogens (tertiary/aromatic N) is 1. The molecule has 1 heterocycles. The minimum absolute atomic E-state index is 0.0296. The fourth-order valence-electron chi connectivity index (χ4n) is 2.57. The van der Waals surface area contributed by atoms with Crippen LogP contribution in [-0.4, -0.2) is 47.3 Å². The second-order valence-electron chi connectivity index (χ2n) is 6.77. The van der Waals surface area contributed by atoms with E-state index < -0.39 is 72.1 Å². The van der Waals surface area contributed by atoms with Gasteiger partial charge in [-0.3, -0.25) is 14.4 Å². The monoisotopic (exact) mass is 366 g/mol. The Hall–Kier alpha value is -2.21. The Morgan fingerprint density at radius 2 is 2.08 bits per heavy atom. The Balaban J connectivity index is 2.55. The number of hydrogen-bond acceptors (Lipinski definition) is 4. The van der Waals surface area contributed by atoms with E-state index in [9.17, 15) is 19.5 Å². The van der Waals surface area contributed by atoms with E-state index in [1.54, 1.807) is 13.8 Å². The minimum atomic E-state index is -2.63. The molecule has 0 saturated heterocycles. The van der Waals surface area contributed by atoms with Crippen molar-refractivity contribution in [3.05, 3.63) is 35.3 Å². The molecule has 2 rings (SSSR count). The zero-order chi connectivity index (χ0) is 24.8. The van der Waals surface area contributed by atoms with Crippen molar-refractivity contribution in [1.29, 1.82) is 0 Å². The van der Waals surface area contributed by atoms with Crippen molar-refractivity contribution in [3.8, 4) is 0 Å². The fourth-order valence-corrected chi connectivity index (χ4v) is 2.57. The summed E-state index contributed by atoms with van der Waals surface area (Å²) >= 11 is 0. The maximum absolute atomic E-state index is 13.1. The zero-order valence-corrected chi connectivity index (χ0v) is 15.4. The van der Waals surface area contributed by atoms with E-state index in [1.807, 2.05) is 0 Å². The van der Waals surface area contributed by atoms with Crippen molar-refractivity contribution in [2.24, 2.45) is 11.8 Å². The number of likely N-dealkylation sites (N-methyl/N-ethyl adjacent to an activating group) is 1. The first-order valence-corrected chi connectivity index (χ1v) is 8.44. The van der Waals surface area contributed by atoms with Gasteiger partial charge < -0.3 is 15.3 Å². The van der Waals surface area contributed by atoms with Crippen molar-refractivity contribution in [2.45, 2.75) is 45.7 Å². The van der Waals surface area contributed by atoms with Gasteiger partial charge in [-0.25, -0.2) is 0 Å². The van der Waals surface area contributed by atoms with Gasteiger partial charge in [0.2, 0.25) is 11.8 Å². The Labute approximate surface area is 163 Å². The molecule has 6 heteroatoms. The zero-order valence-electron chi connectivity index (χ0n) is 21.4. The predicted octanol–water partition coefficient (Wildman–Crippen LogP) is 1.47. The summed E-state index contributed by atoms with van der Waals surface area (Å²) in [5.74, 6) is -5.39. The summed E-state index contributed by atoms with van der Waals surface area (Å²) < 4.78 is 49.4. The number of benzene rings is 1. The third-order valence-electron chi connectivity index (χ3n) is 4.30. The Bertz CT molecular complexity index is 968.